The van der Waals surface area contributed by atoms with Gasteiger partial charge in [0.2, 0.25) is 0 Å². The van der Waals surface area contributed by atoms with Crippen LogP contribution in [0.3, 0.4) is 0 Å². The Kier molecular flexibility index (Phi) is 3.81. The molecular weight excluding hydrogens is 228 g/mol. The number of carbonyl (C=O) groups excluding carboxylic acids is 1. The predicted octanol–water partition coefficient (Wildman–Crippen LogP) is 0.887. The Labute approximate surface area is 107 Å². The third-order valence-corrected chi connectivity index (χ3v) is 3.67. The van der Waals surface area contributed by atoms with E-state index >= 15 is 0 Å². The maximum absolute atomic E-state index is 11.4. The van der Waals surface area contributed by atoms with Gasteiger partial charge in [-0.05, 0) is 25.0 Å². The Balaban J connectivity index is 2.27. The van der Waals surface area contributed by atoms with Gasteiger partial charge in [0.1, 0.15) is 5.82 Å². The normalized spacial score (nSPS) is 23.7. The number of primary amides is 1. The first-order chi connectivity index (χ1) is 8.61. The second kappa shape index (κ2) is 5.35. The number of hydrogen-bond donors (Lipinski definition) is 2. The van der Waals surface area contributed by atoms with Crippen LogP contribution in [0.15, 0.2) is 18.3 Å². The number of pyridine rings is 1. The number of hydrogen-bond acceptors (Lipinski definition) is 4. The quantitative estimate of drug-likeness (QED) is 0.831. The summed E-state index contributed by atoms with van der Waals surface area (Å²) in [5.41, 5.74) is 12.0. The summed E-state index contributed by atoms with van der Waals surface area (Å²) >= 11 is 0. The summed E-state index contributed by atoms with van der Waals surface area (Å²) in [5.74, 6) is 0.182. The number of likely N-dealkylation sites (N-methyl/N-ethyl adjacent to an activating group) is 1. The molecule has 1 fully saturated rings. The summed E-state index contributed by atoms with van der Waals surface area (Å²) < 4.78 is 0. The fraction of sp³-hybridized carbons (Fsp3) is 0.538. The minimum absolute atomic E-state index is 0.131. The maximum Gasteiger partial charge on any atom is 0.252 e. The monoisotopic (exact) mass is 248 g/mol. The summed E-state index contributed by atoms with van der Waals surface area (Å²) in [5, 5.41) is 0. The van der Waals surface area contributed by atoms with Crippen LogP contribution in [-0.4, -0.2) is 30.0 Å². The van der Waals surface area contributed by atoms with Gasteiger partial charge in [-0.2, -0.15) is 0 Å². The molecule has 5 nitrogen and oxygen atoms in total. The lowest BCUT2D eigenvalue weighted by Gasteiger charge is -2.37. The molecule has 2 atom stereocenters. The van der Waals surface area contributed by atoms with E-state index < -0.39 is 5.91 Å². The van der Waals surface area contributed by atoms with E-state index in [-0.39, 0.29) is 12.1 Å². The molecular formula is C13H20N4O. The first-order valence-corrected chi connectivity index (χ1v) is 6.34. The Bertz CT molecular complexity index is 435. The Morgan fingerprint density at radius 1 is 1.44 bits per heavy atom. The lowest BCUT2D eigenvalue weighted by Crippen LogP contribution is -2.48. The summed E-state index contributed by atoms with van der Waals surface area (Å²) in [6.45, 7) is 0. The van der Waals surface area contributed by atoms with Gasteiger partial charge in [-0.15, -0.1) is 0 Å². The van der Waals surface area contributed by atoms with E-state index in [4.69, 9.17) is 11.5 Å². The molecule has 5 heteroatoms. The van der Waals surface area contributed by atoms with Crippen molar-refractivity contribution in [2.75, 3.05) is 11.9 Å². The lowest BCUT2D eigenvalue weighted by molar-refractivity contribution is 0.100. The highest BCUT2D eigenvalue weighted by Crippen LogP contribution is 2.26. The van der Waals surface area contributed by atoms with Gasteiger partial charge >= 0.3 is 0 Å². The first-order valence-electron chi connectivity index (χ1n) is 6.34. The number of amides is 1. The number of nitrogens with two attached hydrogens (primary N) is 2. The van der Waals surface area contributed by atoms with Gasteiger partial charge in [0.25, 0.3) is 5.91 Å². The zero-order chi connectivity index (χ0) is 13.1. The topological polar surface area (TPSA) is 85.2 Å². The van der Waals surface area contributed by atoms with Crippen LogP contribution < -0.4 is 16.4 Å². The number of carbonyl (C=O) groups is 1. The summed E-state index contributed by atoms with van der Waals surface area (Å²) in [7, 11) is 1.94. The van der Waals surface area contributed by atoms with Crippen LogP contribution in [0.5, 0.6) is 0 Å². The van der Waals surface area contributed by atoms with E-state index in [9.17, 15) is 4.79 Å². The summed E-state index contributed by atoms with van der Waals surface area (Å²) in [4.78, 5) is 17.7. The van der Waals surface area contributed by atoms with Crippen molar-refractivity contribution in [3.63, 3.8) is 0 Å². The second-order valence-electron chi connectivity index (χ2n) is 4.87. The average Bonchev–Trinajstić information content (AvgIpc) is 2.38. The van der Waals surface area contributed by atoms with E-state index in [1.165, 1.54) is 12.8 Å². The van der Waals surface area contributed by atoms with Crippen LogP contribution in [-0.2, 0) is 0 Å². The van der Waals surface area contributed by atoms with Gasteiger partial charge in [0.05, 0.1) is 5.56 Å². The van der Waals surface area contributed by atoms with Crippen LogP contribution in [0.1, 0.15) is 36.0 Å². The maximum atomic E-state index is 11.4. The molecule has 1 saturated carbocycles. The van der Waals surface area contributed by atoms with Crippen molar-refractivity contribution in [1.82, 2.24) is 4.98 Å². The molecule has 0 aromatic carbocycles. The molecule has 0 spiro atoms. The molecule has 0 bridgehead atoms. The van der Waals surface area contributed by atoms with Crippen molar-refractivity contribution in [3.05, 3.63) is 23.9 Å². The van der Waals surface area contributed by atoms with Crippen molar-refractivity contribution in [2.45, 2.75) is 37.8 Å². The molecule has 0 saturated heterocycles. The largest absolute Gasteiger partial charge is 0.365 e. The van der Waals surface area contributed by atoms with Crippen LogP contribution in [0.4, 0.5) is 5.82 Å². The minimum atomic E-state index is -0.450. The van der Waals surface area contributed by atoms with Gasteiger partial charge in [0.15, 0.2) is 0 Å². The molecule has 1 aromatic heterocycles. The average molecular weight is 248 g/mol. The van der Waals surface area contributed by atoms with Crippen LogP contribution in [0, 0.1) is 0 Å². The molecule has 98 valence electrons. The molecule has 0 aliphatic heterocycles. The standard InChI is InChI=1S/C13H20N4O/c1-17(11-7-3-2-6-10(11)14)13-9(12(15)18)5-4-8-16-13/h4-5,8,10-11H,2-3,6-7,14H2,1H3,(H2,15,18). The zero-order valence-electron chi connectivity index (χ0n) is 10.7. The van der Waals surface area contributed by atoms with E-state index in [1.807, 2.05) is 11.9 Å². The fourth-order valence-electron chi connectivity index (χ4n) is 2.65. The number of nitrogens with zero attached hydrogens (tertiary/aromatic N) is 2. The Morgan fingerprint density at radius 3 is 2.83 bits per heavy atom. The molecule has 18 heavy (non-hydrogen) atoms. The molecule has 2 unspecified atom stereocenters. The SMILES string of the molecule is CN(c1ncccc1C(N)=O)C1CCCCC1N. The highest BCUT2D eigenvalue weighted by atomic mass is 16.1. The number of rotatable bonds is 3. The van der Waals surface area contributed by atoms with E-state index in [2.05, 4.69) is 4.98 Å². The molecule has 1 aliphatic carbocycles. The predicted molar refractivity (Wildman–Crippen MR) is 71.4 cm³/mol. The lowest BCUT2D eigenvalue weighted by atomic mass is 9.90. The first kappa shape index (κ1) is 12.8. The summed E-state index contributed by atoms with van der Waals surface area (Å²) in [6, 6.07) is 3.78. The van der Waals surface area contributed by atoms with Crippen molar-refractivity contribution in [3.8, 4) is 0 Å². The minimum Gasteiger partial charge on any atom is -0.365 e. The fourth-order valence-corrected chi connectivity index (χ4v) is 2.65. The highest BCUT2D eigenvalue weighted by Gasteiger charge is 2.27. The van der Waals surface area contributed by atoms with Gasteiger partial charge in [-0.1, -0.05) is 12.8 Å². The van der Waals surface area contributed by atoms with Crippen molar-refractivity contribution in [1.29, 1.82) is 0 Å². The molecule has 1 aromatic rings. The van der Waals surface area contributed by atoms with Crippen LogP contribution in [0.25, 0.3) is 0 Å². The molecule has 1 aliphatic rings. The van der Waals surface area contributed by atoms with Gasteiger partial charge in [-0.25, -0.2) is 4.98 Å². The third-order valence-electron chi connectivity index (χ3n) is 3.67. The number of anilines is 1. The van der Waals surface area contributed by atoms with E-state index in [0.717, 1.165) is 12.8 Å². The Hall–Kier alpha value is -1.62. The molecule has 0 radical (unpaired) electrons. The highest BCUT2D eigenvalue weighted by molar-refractivity contribution is 5.97. The van der Waals surface area contributed by atoms with E-state index in [0.29, 0.717) is 11.4 Å². The van der Waals surface area contributed by atoms with Gasteiger partial charge < -0.3 is 16.4 Å². The van der Waals surface area contributed by atoms with E-state index in [1.54, 1.807) is 18.3 Å². The molecule has 2 rings (SSSR count). The molecule has 4 N–H and O–H groups in total. The smallest absolute Gasteiger partial charge is 0.252 e. The molecule has 1 heterocycles. The molecule has 1 amide bonds. The van der Waals surface area contributed by atoms with Gasteiger partial charge in [0, 0.05) is 25.3 Å². The van der Waals surface area contributed by atoms with Crippen molar-refractivity contribution >= 4 is 11.7 Å². The van der Waals surface area contributed by atoms with Crippen LogP contribution >= 0.6 is 0 Å². The van der Waals surface area contributed by atoms with Crippen LogP contribution in [0.2, 0.25) is 0 Å². The second-order valence-corrected chi connectivity index (χ2v) is 4.87. The van der Waals surface area contributed by atoms with Gasteiger partial charge in [-0.3, -0.25) is 4.79 Å². The Morgan fingerprint density at radius 2 is 2.17 bits per heavy atom. The van der Waals surface area contributed by atoms with Crippen molar-refractivity contribution in [2.24, 2.45) is 11.5 Å². The number of aromatic nitrogens is 1. The zero-order valence-corrected chi connectivity index (χ0v) is 10.7. The van der Waals surface area contributed by atoms with Crippen molar-refractivity contribution < 1.29 is 4.79 Å². The summed E-state index contributed by atoms with van der Waals surface area (Å²) in [6.07, 6.45) is 6.07. The third kappa shape index (κ3) is 2.46.